The van der Waals surface area contributed by atoms with Crippen LogP contribution in [0.15, 0.2) is 11.6 Å². The fourth-order valence-corrected chi connectivity index (χ4v) is 3.35. The molecule has 0 aromatic carbocycles. The standard InChI is InChI=1S/C19H35NO6Si/c1-18(2,3)26-17(23)20-11-15(21)14(16(22)24-7)10-13(20)12-25-27(8,9)19(4,5)6/h10,13,15,21H,11-12H2,1-9H3/t13-,15?/m0/s1. The Kier molecular flexibility index (Phi) is 7.29. The van der Waals surface area contributed by atoms with Gasteiger partial charge in [-0.25, -0.2) is 9.59 Å². The summed E-state index contributed by atoms with van der Waals surface area (Å²) in [5.74, 6) is -0.608. The van der Waals surface area contributed by atoms with Gasteiger partial charge in [0, 0.05) is 0 Å². The normalized spacial score (nSPS) is 21.6. The largest absolute Gasteiger partial charge is 0.466 e. The molecule has 1 rings (SSSR count). The molecule has 7 nitrogen and oxygen atoms in total. The summed E-state index contributed by atoms with van der Waals surface area (Å²) in [5, 5.41) is 10.3. The summed E-state index contributed by atoms with van der Waals surface area (Å²) in [6.07, 6.45) is -0.128. The number of hydrogen-bond acceptors (Lipinski definition) is 6. The van der Waals surface area contributed by atoms with Crippen LogP contribution in [0.1, 0.15) is 41.5 Å². The summed E-state index contributed by atoms with van der Waals surface area (Å²) in [6, 6.07) is -0.522. The molecule has 8 heteroatoms. The van der Waals surface area contributed by atoms with Crippen LogP contribution in [0, 0.1) is 0 Å². The molecule has 1 heterocycles. The molecule has 0 aliphatic carbocycles. The van der Waals surface area contributed by atoms with Gasteiger partial charge in [0.1, 0.15) is 11.7 Å². The van der Waals surface area contributed by atoms with Crippen LogP contribution in [0.3, 0.4) is 0 Å². The lowest BCUT2D eigenvalue weighted by atomic mass is 10.0. The zero-order chi connectivity index (χ0) is 21.2. The topological polar surface area (TPSA) is 85.3 Å². The molecule has 156 valence electrons. The molecular weight excluding hydrogens is 366 g/mol. The zero-order valence-electron chi connectivity index (χ0n) is 18.1. The molecule has 1 unspecified atom stereocenters. The van der Waals surface area contributed by atoms with Gasteiger partial charge in [-0.1, -0.05) is 20.8 Å². The van der Waals surface area contributed by atoms with Gasteiger partial charge in [-0.2, -0.15) is 0 Å². The molecule has 0 radical (unpaired) electrons. The van der Waals surface area contributed by atoms with Gasteiger partial charge in [-0.15, -0.1) is 0 Å². The first-order valence-corrected chi connectivity index (χ1v) is 12.1. The average Bonchev–Trinajstić information content (AvgIpc) is 2.49. The fourth-order valence-electron chi connectivity index (χ4n) is 2.33. The average molecular weight is 402 g/mol. The van der Waals surface area contributed by atoms with Crippen molar-refractivity contribution in [3.63, 3.8) is 0 Å². The molecular formula is C19H35NO6Si. The van der Waals surface area contributed by atoms with E-state index in [1.165, 1.54) is 12.0 Å². The Morgan fingerprint density at radius 3 is 2.22 bits per heavy atom. The second-order valence-electron chi connectivity index (χ2n) is 9.40. The van der Waals surface area contributed by atoms with Crippen LogP contribution in [-0.2, 0) is 18.7 Å². The minimum Gasteiger partial charge on any atom is -0.466 e. The third kappa shape index (κ3) is 6.33. The van der Waals surface area contributed by atoms with Crippen molar-refractivity contribution < 1.29 is 28.6 Å². The Bertz CT molecular complexity index is 588. The predicted octanol–water partition coefficient (Wildman–Crippen LogP) is 3.09. The summed E-state index contributed by atoms with van der Waals surface area (Å²) in [5.41, 5.74) is -0.528. The molecule has 1 aliphatic heterocycles. The molecule has 2 atom stereocenters. The van der Waals surface area contributed by atoms with Crippen LogP contribution in [0.2, 0.25) is 18.1 Å². The van der Waals surface area contributed by atoms with E-state index in [-0.39, 0.29) is 23.8 Å². The second-order valence-corrected chi connectivity index (χ2v) is 14.2. The van der Waals surface area contributed by atoms with Gasteiger partial charge in [0.2, 0.25) is 0 Å². The number of aliphatic hydroxyl groups excluding tert-OH is 1. The summed E-state index contributed by atoms with van der Waals surface area (Å²) in [4.78, 5) is 26.0. The number of aliphatic hydroxyl groups is 1. The molecule has 0 aromatic rings. The van der Waals surface area contributed by atoms with E-state index in [1.807, 2.05) is 0 Å². The van der Waals surface area contributed by atoms with Crippen LogP contribution < -0.4 is 0 Å². The Hall–Kier alpha value is -1.38. The van der Waals surface area contributed by atoms with E-state index in [4.69, 9.17) is 13.9 Å². The molecule has 0 bridgehead atoms. The van der Waals surface area contributed by atoms with E-state index in [9.17, 15) is 14.7 Å². The molecule has 0 aromatic heterocycles. The highest BCUT2D eigenvalue weighted by Crippen LogP contribution is 2.37. The summed E-state index contributed by atoms with van der Waals surface area (Å²) in [6.45, 7) is 16.1. The highest BCUT2D eigenvalue weighted by atomic mass is 28.4. The van der Waals surface area contributed by atoms with Gasteiger partial charge < -0.3 is 19.0 Å². The zero-order valence-corrected chi connectivity index (χ0v) is 19.1. The van der Waals surface area contributed by atoms with Gasteiger partial charge in [0.25, 0.3) is 0 Å². The Morgan fingerprint density at radius 1 is 1.22 bits per heavy atom. The summed E-state index contributed by atoms with van der Waals surface area (Å²) in [7, 11) is -0.800. The number of carbonyl (C=O) groups excluding carboxylic acids is 2. The van der Waals surface area contributed by atoms with Crippen LogP contribution in [0.5, 0.6) is 0 Å². The van der Waals surface area contributed by atoms with Gasteiger partial charge >= 0.3 is 12.1 Å². The number of methoxy groups -OCH3 is 1. The van der Waals surface area contributed by atoms with Crippen LogP contribution in [0.4, 0.5) is 4.79 Å². The Morgan fingerprint density at radius 2 is 1.78 bits per heavy atom. The lowest BCUT2D eigenvalue weighted by Gasteiger charge is -2.41. The maximum absolute atomic E-state index is 12.6. The van der Waals surface area contributed by atoms with Crippen LogP contribution in [-0.4, -0.2) is 68.4 Å². The molecule has 1 aliphatic rings. The van der Waals surface area contributed by atoms with Gasteiger partial charge in [0.05, 0.1) is 31.9 Å². The molecule has 0 fully saturated rings. The Labute approximate surface area is 163 Å². The van der Waals surface area contributed by atoms with E-state index in [0.717, 1.165) is 0 Å². The van der Waals surface area contributed by atoms with Crippen molar-refractivity contribution in [1.82, 2.24) is 4.90 Å². The van der Waals surface area contributed by atoms with Crippen LogP contribution >= 0.6 is 0 Å². The number of β-amino-alcohol motifs (C(OH)–C–C–N with tert-alkyl or cyclic N) is 1. The first kappa shape index (κ1) is 23.7. The van der Waals surface area contributed by atoms with E-state index in [2.05, 4.69) is 33.9 Å². The number of amides is 1. The van der Waals surface area contributed by atoms with E-state index in [0.29, 0.717) is 0 Å². The van der Waals surface area contributed by atoms with Crippen molar-refractivity contribution in [3.8, 4) is 0 Å². The predicted molar refractivity (Wildman–Crippen MR) is 106 cm³/mol. The van der Waals surface area contributed by atoms with E-state index in [1.54, 1.807) is 26.8 Å². The van der Waals surface area contributed by atoms with Gasteiger partial charge in [-0.05, 0) is 45.0 Å². The summed E-state index contributed by atoms with van der Waals surface area (Å²) >= 11 is 0. The van der Waals surface area contributed by atoms with Gasteiger partial charge in [0.15, 0.2) is 8.32 Å². The van der Waals surface area contributed by atoms with Crippen molar-refractivity contribution >= 4 is 20.4 Å². The SMILES string of the molecule is COC(=O)C1=C[C@@H](CO[Si](C)(C)C(C)(C)C)N(C(=O)OC(C)(C)C)CC1O. The van der Waals surface area contributed by atoms with Gasteiger partial charge in [-0.3, -0.25) is 4.90 Å². The number of ether oxygens (including phenoxy) is 2. The molecule has 0 saturated heterocycles. The van der Waals surface area contributed by atoms with Crippen molar-refractivity contribution in [2.75, 3.05) is 20.3 Å². The number of hydrogen-bond donors (Lipinski definition) is 1. The first-order chi connectivity index (χ1) is 12.1. The monoisotopic (exact) mass is 401 g/mol. The van der Waals surface area contributed by atoms with E-state index < -0.39 is 38.1 Å². The Balaban J connectivity index is 3.12. The van der Waals surface area contributed by atoms with Crippen molar-refractivity contribution in [2.45, 2.75) is 77.4 Å². The minimum atomic E-state index is -2.06. The maximum atomic E-state index is 12.6. The smallest absolute Gasteiger partial charge is 0.410 e. The highest BCUT2D eigenvalue weighted by molar-refractivity contribution is 6.74. The molecule has 1 N–H and O–H groups in total. The van der Waals surface area contributed by atoms with Crippen molar-refractivity contribution in [2.24, 2.45) is 0 Å². The molecule has 0 saturated carbocycles. The summed E-state index contributed by atoms with van der Waals surface area (Å²) < 4.78 is 16.5. The quantitative estimate of drug-likeness (QED) is 0.575. The maximum Gasteiger partial charge on any atom is 0.410 e. The third-order valence-corrected chi connectivity index (χ3v) is 9.47. The van der Waals surface area contributed by atoms with Crippen molar-refractivity contribution in [3.05, 3.63) is 11.6 Å². The lowest BCUT2D eigenvalue weighted by molar-refractivity contribution is -0.137. The second kappa shape index (κ2) is 8.32. The molecule has 0 spiro atoms. The van der Waals surface area contributed by atoms with Crippen molar-refractivity contribution in [1.29, 1.82) is 0 Å². The fraction of sp³-hybridized carbons (Fsp3) is 0.789. The minimum absolute atomic E-state index is 0.00677. The number of carbonyl (C=O) groups is 2. The first-order valence-electron chi connectivity index (χ1n) is 9.21. The number of rotatable bonds is 4. The third-order valence-electron chi connectivity index (χ3n) is 4.97. The van der Waals surface area contributed by atoms with E-state index >= 15 is 0 Å². The highest BCUT2D eigenvalue weighted by Gasteiger charge is 2.41. The lowest BCUT2D eigenvalue weighted by Crippen LogP contribution is -2.53. The molecule has 1 amide bonds. The number of esters is 1. The number of nitrogens with zero attached hydrogens (tertiary/aromatic N) is 1. The van der Waals surface area contributed by atoms with Crippen LogP contribution in [0.25, 0.3) is 0 Å². The molecule has 27 heavy (non-hydrogen) atoms.